The summed E-state index contributed by atoms with van der Waals surface area (Å²) in [6.07, 6.45) is 16.0. The van der Waals surface area contributed by atoms with Gasteiger partial charge in [0, 0.05) is 126 Å². The highest BCUT2D eigenvalue weighted by Crippen LogP contribution is 2.37. The smallest absolute Gasteiger partial charge is 0.254 e. The van der Waals surface area contributed by atoms with Crippen LogP contribution in [0.25, 0.3) is 89.5 Å². The van der Waals surface area contributed by atoms with Gasteiger partial charge in [-0.25, -0.2) is 55.9 Å². The third-order valence-corrected chi connectivity index (χ3v) is 22.5. The molecule has 15 N–H and O–H groups in total. The number of aromatic nitrogens is 14. The number of nitrogen functional groups attached to an aromatic ring is 4. The predicted octanol–water partition coefficient (Wildman–Crippen LogP) is 13.6. The number of benzene rings is 8. The first kappa shape index (κ1) is 95.4. The Balaban J connectivity index is 0.000000152. The second-order valence-electron chi connectivity index (χ2n) is 30.7. The zero-order valence-electron chi connectivity index (χ0n) is 73.0. The Morgan fingerprint density at radius 2 is 0.799 bits per heavy atom. The van der Waals surface area contributed by atoms with Crippen molar-refractivity contribution in [2.75, 3.05) is 49.0 Å². The predicted molar refractivity (Wildman–Crippen MR) is 501 cm³/mol. The number of carbonyl (C=O) groups excluding carboxylic acids is 4. The van der Waals surface area contributed by atoms with Crippen molar-refractivity contribution in [1.29, 1.82) is 0 Å². The van der Waals surface area contributed by atoms with Crippen LogP contribution in [0.1, 0.15) is 98.9 Å². The van der Waals surface area contributed by atoms with E-state index >= 15 is 4.39 Å². The van der Waals surface area contributed by atoms with E-state index in [1.54, 1.807) is 155 Å². The second-order valence-corrected chi connectivity index (χ2v) is 33.2. The van der Waals surface area contributed by atoms with E-state index in [1.165, 1.54) is 85.5 Å². The fourth-order valence-corrected chi connectivity index (χ4v) is 15.2. The quantitative estimate of drug-likeness (QED) is 0.0250. The fraction of sp³-hybridized carbons (Fsp3) is 0.144. The third-order valence-electron chi connectivity index (χ3n) is 21.2. The summed E-state index contributed by atoms with van der Waals surface area (Å²) in [6.45, 7) is 4.67. The van der Waals surface area contributed by atoms with Gasteiger partial charge in [-0.2, -0.15) is 25.5 Å². The Morgan fingerprint density at radius 3 is 1.21 bits per heavy atom. The number of aliphatic hydroxyl groups is 3. The summed E-state index contributed by atoms with van der Waals surface area (Å²) in [5, 5.41) is 60.6. The lowest BCUT2D eigenvalue weighted by atomic mass is 9.99. The Hall–Kier alpha value is -16.2. The number of hydrogen-bond acceptors (Lipinski definition) is 24. The van der Waals surface area contributed by atoms with Gasteiger partial charge in [0.2, 0.25) is 0 Å². The van der Waals surface area contributed by atoms with Crippen molar-refractivity contribution < 1.29 is 60.5 Å². The first-order valence-corrected chi connectivity index (χ1v) is 43.4. The van der Waals surface area contributed by atoms with E-state index in [9.17, 15) is 56.1 Å². The van der Waals surface area contributed by atoms with Crippen LogP contribution in [-0.4, -0.2) is 143 Å². The highest BCUT2D eigenvalue weighted by atomic mass is 35.5. The minimum atomic E-state index is -3.38. The summed E-state index contributed by atoms with van der Waals surface area (Å²) in [7, 11) is 2.08. The number of rotatable bonds is 24. The number of pyridine rings is 2. The van der Waals surface area contributed by atoms with Crippen LogP contribution in [-0.2, 0) is 37.5 Å². The maximum absolute atomic E-state index is 15.0. The van der Waals surface area contributed by atoms with E-state index in [-0.39, 0.29) is 88.2 Å². The van der Waals surface area contributed by atoms with Gasteiger partial charge >= 0.3 is 0 Å². The maximum atomic E-state index is 15.0. The molecule has 4 amide bonds. The number of hydrogen-bond donors (Lipinski definition) is 11. The third kappa shape index (κ3) is 23.2. The Labute approximate surface area is 771 Å². The fourth-order valence-electron chi connectivity index (χ4n) is 14.4. The van der Waals surface area contributed by atoms with Crippen LogP contribution in [0, 0.1) is 44.0 Å². The number of sulfone groups is 1. The normalized spacial score (nSPS) is 11.7. The largest absolute Gasteiger partial charge is 0.394 e. The Kier molecular flexibility index (Phi) is 30.3. The minimum absolute atomic E-state index is 0.0360. The first-order chi connectivity index (χ1) is 64.2. The van der Waals surface area contributed by atoms with Gasteiger partial charge in [0.15, 0.2) is 9.84 Å². The molecule has 31 nitrogen and oxygen atoms in total. The summed E-state index contributed by atoms with van der Waals surface area (Å²) >= 11 is 6.00. The molecular formula is C97H89ClF4N22O9S. The molecule has 0 aliphatic rings. The van der Waals surface area contributed by atoms with Crippen LogP contribution >= 0.6 is 11.6 Å². The molecule has 0 saturated heterocycles. The number of nitrogens with one attached hydrogen (secondary N) is 4. The number of carbonyl (C=O) groups is 4. The number of amides is 4. The number of nitrogens with zero attached hydrogens (tertiary/aromatic N) is 14. The van der Waals surface area contributed by atoms with Gasteiger partial charge in [-0.1, -0.05) is 121 Å². The van der Waals surface area contributed by atoms with Gasteiger partial charge in [-0.3, -0.25) is 33.2 Å². The summed E-state index contributed by atoms with van der Waals surface area (Å²) in [6, 6.07) is 50.9. The van der Waals surface area contributed by atoms with Crippen molar-refractivity contribution >= 4 is 68.3 Å². The summed E-state index contributed by atoms with van der Waals surface area (Å²) < 4.78 is 88.3. The number of anilines is 4. The van der Waals surface area contributed by atoms with Crippen LogP contribution in [0.5, 0.6) is 0 Å². The van der Waals surface area contributed by atoms with Crippen molar-refractivity contribution in [3.8, 4) is 89.5 Å². The molecule has 134 heavy (non-hydrogen) atoms. The van der Waals surface area contributed by atoms with Crippen molar-refractivity contribution in [1.82, 2.24) is 90.7 Å². The Bertz CT molecular complexity index is 7140. The number of aryl methyl sites for hydroxylation is 6. The lowest BCUT2D eigenvalue weighted by molar-refractivity contribution is 0.0904. The van der Waals surface area contributed by atoms with Crippen LogP contribution in [0.2, 0.25) is 5.02 Å². The van der Waals surface area contributed by atoms with Crippen molar-refractivity contribution in [2.45, 2.75) is 50.3 Å². The molecule has 8 aromatic heterocycles. The molecule has 0 saturated carbocycles. The number of nitrogens with two attached hydrogens (primary N) is 4. The molecule has 682 valence electrons. The zero-order valence-corrected chi connectivity index (χ0v) is 74.5. The van der Waals surface area contributed by atoms with Gasteiger partial charge in [0.25, 0.3) is 23.6 Å². The summed E-state index contributed by atoms with van der Waals surface area (Å²) in [5.74, 6) is -4.75. The van der Waals surface area contributed by atoms with Crippen LogP contribution in [0.15, 0.2) is 261 Å². The Morgan fingerprint density at radius 1 is 0.403 bits per heavy atom. The van der Waals surface area contributed by atoms with E-state index in [0.29, 0.717) is 72.0 Å². The van der Waals surface area contributed by atoms with Crippen LogP contribution < -0.4 is 44.2 Å². The average Bonchev–Trinajstić information content (AvgIpc) is 1.72. The molecule has 0 aliphatic heterocycles. The van der Waals surface area contributed by atoms with E-state index < -0.39 is 74.9 Å². The van der Waals surface area contributed by atoms with Crippen molar-refractivity contribution in [3.63, 3.8) is 0 Å². The molecule has 16 aromatic rings. The second kappa shape index (κ2) is 42.6. The molecule has 0 spiro atoms. The average molecular weight is 1850 g/mol. The maximum Gasteiger partial charge on any atom is 0.254 e. The van der Waals surface area contributed by atoms with E-state index in [1.807, 2.05) is 71.5 Å². The van der Waals surface area contributed by atoms with Gasteiger partial charge < -0.3 is 59.5 Å². The molecule has 0 fully saturated rings. The minimum Gasteiger partial charge on any atom is -0.394 e. The van der Waals surface area contributed by atoms with Gasteiger partial charge in [0.1, 0.15) is 57.9 Å². The molecule has 8 aromatic carbocycles. The van der Waals surface area contributed by atoms with Gasteiger partial charge in [0.05, 0.1) is 118 Å². The molecule has 8 heterocycles. The van der Waals surface area contributed by atoms with E-state index in [0.717, 1.165) is 56.7 Å². The van der Waals surface area contributed by atoms with Crippen molar-refractivity contribution in [2.24, 2.45) is 21.1 Å². The highest BCUT2D eigenvalue weighted by molar-refractivity contribution is 7.90. The molecule has 0 radical (unpaired) electrons. The SMILES string of the molecule is Cc1nn(C)cc1-c1cnc(N)c(-c2ccc(C(=O)NCc3cccc(S(C)(=O)=O)c3)c(F)c2)n1.Cc1nn(C)cc1-c1cnc(N)c(-c2ccc(C(=O)N[C@H](CO)c3cccc(Cl)c3)c(F)c2)c1.Cc1nn(C)cc1-c1cnc(N)c(-c2ccc(C(=O)N[C@H](CO)c3ccccc3)c(F)c2)c1.Nc1ncc(-c2ccnnc2)nc1-c1ccc(C(=O)N[C@H](CO)c2ccccc2)c(F)c1. The van der Waals surface area contributed by atoms with E-state index in [4.69, 9.17) is 34.5 Å². The summed E-state index contributed by atoms with van der Waals surface area (Å²) in [4.78, 5) is 76.7. The molecule has 0 aliphatic carbocycles. The lowest BCUT2D eigenvalue weighted by Gasteiger charge is -2.17. The standard InChI is InChI=1S/C25H23ClFN5O2.C25H24FN5O2.C24H23FN6O3S.C23H19FN6O2/c1-14-21(12-32(2)31-14)17-9-20(24(28)29-11-17)15-6-7-19(22(27)10-15)25(34)30-23(13-33)16-4-3-5-18(26)8-16;1-15-21(13-31(2)30-15)18-10-20(24(27)28-12-18)17-8-9-19(22(26)11-17)25(33)29-23(14-32)16-6-4-3-5-7-16;1-14-19(13-31(2)30-14)21-12-27-23(26)22(29-21)16-7-8-18(20(25)10-16)24(32)28-11-15-5-4-6-17(9-15)35(3,33)34;24-18-10-15(21-22(25)26-12-19(29-21)16-8-9-27-28-11-16)6-7-17(18)23(32)30-20(13-31)14-4-2-1-3-5-14/h3-12,23,33H,13H2,1-2H3,(H2,28,29)(H,30,34);3-13,23,32H,14H2,1-2H3,(H2,27,28)(H,29,33);4-10,12-13H,11H2,1-3H3,(H2,26,27)(H,28,32);1-12,20,31H,13H2,(H2,25,26)(H,30,32)/t2*23-;;20-/m11.1/s1. The molecule has 16 rings (SSSR count). The molecule has 37 heteroatoms. The molecule has 0 unspecified atom stereocenters. The monoisotopic (exact) mass is 1850 g/mol. The lowest BCUT2D eigenvalue weighted by Crippen LogP contribution is -2.31. The van der Waals surface area contributed by atoms with Gasteiger partial charge in [-0.15, -0.1) is 0 Å². The summed E-state index contributed by atoms with van der Waals surface area (Å²) in [5.41, 5.74) is 37.8. The van der Waals surface area contributed by atoms with Crippen LogP contribution in [0.3, 0.4) is 0 Å². The first-order valence-electron chi connectivity index (χ1n) is 41.2. The van der Waals surface area contributed by atoms with Crippen molar-refractivity contribution in [3.05, 3.63) is 346 Å². The molecule has 0 bridgehead atoms. The molecular weight excluding hydrogens is 1760 g/mol. The van der Waals surface area contributed by atoms with Gasteiger partial charge in [-0.05, 0) is 145 Å². The van der Waals surface area contributed by atoms with Crippen LogP contribution in [0.4, 0.5) is 40.8 Å². The zero-order chi connectivity index (χ0) is 95.8. The number of aliphatic hydroxyl groups excluding tert-OH is 3. The molecule has 3 atom stereocenters. The topological polar surface area (TPSA) is 472 Å². The number of halogens is 5. The highest BCUT2D eigenvalue weighted by Gasteiger charge is 2.26. The van der Waals surface area contributed by atoms with E-state index in [2.05, 4.69) is 76.7 Å².